The van der Waals surface area contributed by atoms with Crippen LogP contribution in [0.2, 0.25) is 0 Å². The Bertz CT molecular complexity index is 984. The summed E-state index contributed by atoms with van der Waals surface area (Å²) in [6, 6.07) is 16.3. The Morgan fingerprint density at radius 3 is 2.64 bits per heavy atom. The maximum absolute atomic E-state index is 12.6. The topological polar surface area (TPSA) is 82.0 Å². The highest BCUT2D eigenvalue weighted by molar-refractivity contribution is 6.15. The van der Waals surface area contributed by atoms with E-state index in [9.17, 15) is 9.59 Å². The molecule has 2 unspecified atom stereocenters. The van der Waals surface area contributed by atoms with Crippen LogP contribution in [-0.4, -0.2) is 11.8 Å². The second-order valence-electron chi connectivity index (χ2n) is 6.31. The van der Waals surface area contributed by atoms with Crippen LogP contribution in [0.5, 0.6) is 0 Å². The summed E-state index contributed by atoms with van der Waals surface area (Å²) in [5.74, 6) is -1.03. The van der Waals surface area contributed by atoms with Gasteiger partial charge in [0.25, 0.3) is 5.91 Å². The first-order valence-electron chi connectivity index (χ1n) is 8.01. The van der Waals surface area contributed by atoms with Gasteiger partial charge in [0.15, 0.2) is 0 Å². The Morgan fingerprint density at radius 1 is 1.08 bits per heavy atom. The Hall–Kier alpha value is -3.39. The Morgan fingerprint density at radius 2 is 1.88 bits per heavy atom. The molecule has 2 atom stereocenters. The zero-order chi connectivity index (χ0) is 17.6. The molecule has 2 aromatic carbocycles. The van der Waals surface area contributed by atoms with Crippen molar-refractivity contribution in [2.45, 2.75) is 13.0 Å². The molecule has 5 heteroatoms. The molecule has 1 fully saturated rings. The van der Waals surface area contributed by atoms with Crippen molar-refractivity contribution in [3.8, 4) is 6.07 Å². The Kier molecular flexibility index (Phi) is 3.40. The van der Waals surface area contributed by atoms with Gasteiger partial charge in [-0.2, -0.15) is 5.26 Å². The number of carbonyl (C=O) groups is 2. The fourth-order valence-corrected chi connectivity index (χ4v) is 3.54. The number of carbonyl (C=O) groups excluding carboxylic acids is 2. The van der Waals surface area contributed by atoms with Crippen molar-refractivity contribution >= 4 is 17.5 Å². The van der Waals surface area contributed by atoms with Crippen molar-refractivity contribution in [1.29, 1.82) is 5.26 Å². The maximum atomic E-state index is 12.6. The van der Waals surface area contributed by atoms with Gasteiger partial charge in [-0.15, -0.1) is 0 Å². The van der Waals surface area contributed by atoms with Crippen LogP contribution in [0.4, 0.5) is 0 Å². The van der Waals surface area contributed by atoms with Crippen LogP contribution >= 0.6 is 0 Å². The van der Waals surface area contributed by atoms with Crippen LogP contribution in [0.1, 0.15) is 28.3 Å². The summed E-state index contributed by atoms with van der Waals surface area (Å²) in [6.07, 6.45) is 0. The molecule has 122 valence electrons. The molecule has 0 saturated carbocycles. The zero-order valence-corrected chi connectivity index (χ0v) is 13.5. The molecular weight excluding hydrogens is 314 g/mol. The number of fused-ring (bicyclic) bond motifs is 1. The van der Waals surface area contributed by atoms with Gasteiger partial charge in [0, 0.05) is 0 Å². The summed E-state index contributed by atoms with van der Waals surface area (Å²) in [5.41, 5.74) is 4.19. The van der Waals surface area contributed by atoms with Crippen LogP contribution in [0.3, 0.4) is 0 Å². The highest BCUT2D eigenvalue weighted by atomic mass is 16.2. The average molecular weight is 329 g/mol. The minimum atomic E-state index is -0.586. The van der Waals surface area contributed by atoms with E-state index >= 15 is 0 Å². The molecule has 0 radical (unpaired) electrons. The number of nitriles is 1. The summed E-state index contributed by atoms with van der Waals surface area (Å²) in [6.45, 7) is 1.97. The first kappa shape index (κ1) is 15.2. The Labute approximate surface area is 145 Å². The van der Waals surface area contributed by atoms with Crippen LogP contribution in [0.25, 0.3) is 5.70 Å². The SMILES string of the molecule is Cc1cccc(C2=C3C(=O)NC(c4cccc(C#N)c4)C3C(=O)N2)c1. The highest BCUT2D eigenvalue weighted by Gasteiger charge is 2.49. The fourth-order valence-electron chi connectivity index (χ4n) is 3.54. The van der Waals surface area contributed by atoms with Crippen molar-refractivity contribution in [3.05, 3.63) is 76.4 Å². The van der Waals surface area contributed by atoms with E-state index in [1.807, 2.05) is 37.3 Å². The minimum Gasteiger partial charge on any atom is -0.344 e. The molecule has 2 aromatic rings. The van der Waals surface area contributed by atoms with E-state index in [2.05, 4.69) is 16.7 Å². The van der Waals surface area contributed by atoms with Gasteiger partial charge in [-0.25, -0.2) is 0 Å². The van der Waals surface area contributed by atoms with E-state index in [0.717, 1.165) is 16.7 Å². The summed E-state index contributed by atoms with van der Waals surface area (Å²) < 4.78 is 0. The zero-order valence-electron chi connectivity index (χ0n) is 13.5. The van der Waals surface area contributed by atoms with Gasteiger partial charge >= 0.3 is 0 Å². The minimum absolute atomic E-state index is 0.197. The number of nitrogens with zero attached hydrogens (tertiary/aromatic N) is 1. The van der Waals surface area contributed by atoms with E-state index in [0.29, 0.717) is 16.8 Å². The van der Waals surface area contributed by atoms with Crippen molar-refractivity contribution < 1.29 is 9.59 Å². The number of rotatable bonds is 2. The second kappa shape index (κ2) is 5.60. The molecule has 0 aromatic heterocycles. The molecule has 4 rings (SSSR count). The second-order valence-corrected chi connectivity index (χ2v) is 6.31. The van der Waals surface area contributed by atoms with Gasteiger partial charge in [-0.1, -0.05) is 35.9 Å². The monoisotopic (exact) mass is 329 g/mol. The number of benzene rings is 2. The lowest BCUT2D eigenvalue weighted by Crippen LogP contribution is -2.29. The van der Waals surface area contributed by atoms with Gasteiger partial charge in [0.05, 0.1) is 34.9 Å². The van der Waals surface area contributed by atoms with Gasteiger partial charge in [0.1, 0.15) is 0 Å². The lowest BCUT2D eigenvalue weighted by molar-refractivity contribution is -0.122. The molecular formula is C20H15N3O2. The van der Waals surface area contributed by atoms with Gasteiger partial charge in [0.2, 0.25) is 5.91 Å². The van der Waals surface area contributed by atoms with Crippen LogP contribution in [0.15, 0.2) is 54.1 Å². The number of nitrogens with one attached hydrogen (secondary N) is 2. The molecule has 5 nitrogen and oxygen atoms in total. The third kappa shape index (κ3) is 2.39. The molecule has 2 aliphatic rings. The van der Waals surface area contributed by atoms with Gasteiger partial charge < -0.3 is 10.6 Å². The summed E-state index contributed by atoms with van der Waals surface area (Å²) in [7, 11) is 0. The average Bonchev–Trinajstić information content (AvgIpc) is 3.14. The predicted octanol–water partition coefficient (Wildman–Crippen LogP) is 2.19. The standard InChI is InChI=1S/C20H15N3O2/c1-11-4-2-6-13(8-11)17-15-16(20(25)22-17)18(23-19(15)24)14-7-3-5-12(9-14)10-21/h2-9,16,18H,1H3,(H,22,25)(H,23,24). The van der Waals surface area contributed by atoms with E-state index < -0.39 is 12.0 Å². The predicted molar refractivity (Wildman–Crippen MR) is 91.8 cm³/mol. The van der Waals surface area contributed by atoms with Crippen LogP contribution in [0, 0.1) is 24.2 Å². The third-order valence-corrected chi connectivity index (χ3v) is 4.66. The van der Waals surface area contributed by atoms with Crippen LogP contribution in [-0.2, 0) is 9.59 Å². The smallest absolute Gasteiger partial charge is 0.250 e. The number of hydrogen-bond donors (Lipinski definition) is 2. The molecule has 0 spiro atoms. The molecule has 2 amide bonds. The molecule has 0 aliphatic carbocycles. The van der Waals surface area contributed by atoms with Gasteiger partial charge in [-0.3, -0.25) is 9.59 Å². The van der Waals surface area contributed by atoms with E-state index in [-0.39, 0.29) is 11.8 Å². The highest BCUT2D eigenvalue weighted by Crippen LogP contribution is 2.41. The van der Waals surface area contributed by atoms with E-state index in [1.165, 1.54) is 0 Å². The number of amides is 2. The normalized spacial score (nSPS) is 21.6. The quantitative estimate of drug-likeness (QED) is 0.886. The molecule has 25 heavy (non-hydrogen) atoms. The lowest BCUT2D eigenvalue weighted by Gasteiger charge is -2.16. The number of aryl methyl sites for hydroxylation is 1. The molecule has 1 saturated heterocycles. The van der Waals surface area contributed by atoms with Gasteiger partial charge in [-0.05, 0) is 36.2 Å². The molecule has 2 aliphatic heterocycles. The van der Waals surface area contributed by atoms with Crippen molar-refractivity contribution in [2.75, 3.05) is 0 Å². The number of hydrogen-bond acceptors (Lipinski definition) is 3. The molecule has 0 bridgehead atoms. The fraction of sp³-hybridized carbons (Fsp3) is 0.150. The third-order valence-electron chi connectivity index (χ3n) is 4.66. The van der Waals surface area contributed by atoms with Crippen molar-refractivity contribution in [3.63, 3.8) is 0 Å². The molecule has 2 N–H and O–H groups in total. The lowest BCUT2D eigenvalue weighted by atomic mass is 9.90. The van der Waals surface area contributed by atoms with Crippen molar-refractivity contribution in [2.24, 2.45) is 5.92 Å². The maximum Gasteiger partial charge on any atom is 0.250 e. The van der Waals surface area contributed by atoms with E-state index in [4.69, 9.17) is 5.26 Å². The van der Waals surface area contributed by atoms with Crippen LogP contribution < -0.4 is 10.6 Å². The summed E-state index contributed by atoms with van der Waals surface area (Å²) in [4.78, 5) is 25.2. The van der Waals surface area contributed by atoms with Crippen molar-refractivity contribution in [1.82, 2.24) is 10.6 Å². The first-order valence-corrected chi connectivity index (χ1v) is 8.01. The largest absolute Gasteiger partial charge is 0.344 e. The first-order chi connectivity index (χ1) is 12.1. The van der Waals surface area contributed by atoms with E-state index in [1.54, 1.807) is 18.2 Å². The Balaban J connectivity index is 1.81. The molecule has 2 heterocycles. The summed E-state index contributed by atoms with van der Waals surface area (Å²) in [5, 5.41) is 14.9. The summed E-state index contributed by atoms with van der Waals surface area (Å²) >= 11 is 0.